The third-order valence-corrected chi connectivity index (χ3v) is 0. The van der Waals surface area contributed by atoms with E-state index in [9.17, 15) is 0 Å². The molecule has 2 nitrogen and oxygen atoms in total. The SMILES string of the molecule is O.[In+3].[O-2].[Sn+4]. The molecule has 0 aliphatic rings. The van der Waals surface area contributed by atoms with Gasteiger partial charge < -0.3 is 11.0 Å². The van der Waals surface area contributed by atoms with E-state index in [0.717, 1.165) is 0 Å². The van der Waals surface area contributed by atoms with E-state index in [4.69, 9.17) is 0 Å². The maximum Gasteiger partial charge on any atom is 4.00 e. The largest absolute Gasteiger partial charge is 4.00 e. The molecular weight excluding hydrogens is 266 g/mol. The zero-order chi connectivity index (χ0) is 0. The van der Waals surface area contributed by atoms with Crippen LogP contribution >= 0.6 is 0 Å². The van der Waals surface area contributed by atoms with Crippen molar-refractivity contribution < 1.29 is 11.0 Å². The first-order chi connectivity index (χ1) is 0. The summed E-state index contributed by atoms with van der Waals surface area (Å²) >= 11 is 0. The maximum atomic E-state index is 0. The van der Waals surface area contributed by atoms with Crippen molar-refractivity contribution in [1.82, 2.24) is 0 Å². The van der Waals surface area contributed by atoms with Crippen LogP contribution < -0.4 is 0 Å². The van der Waals surface area contributed by atoms with E-state index < -0.39 is 0 Å². The summed E-state index contributed by atoms with van der Waals surface area (Å²) in [5.41, 5.74) is 0. The summed E-state index contributed by atoms with van der Waals surface area (Å²) in [6.45, 7) is 0. The molecule has 0 aliphatic carbocycles. The van der Waals surface area contributed by atoms with Gasteiger partial charge in [-0.2, -0.15) is 0 Å². The zero-order valence-electron chi connectivity index (χ0n) is 1.99. The fourth-order valence-electron chi connectivity index (χ4n) is 0. The molecule has 0 heterocycles. The van der Waals surface area contributed by atoms with Gasteiger partial charge in [0.25, 0.3) is 0 Å². The Labute approximate surface area is 60.3 Å². The van der Waals surface area contributed by atoms with Crippen molar-refractivity contribution in [2.75, 3.05) is 0 Å². The van der Waals surface area contributed by atoms with Crippen LogP contribution in [0.3, 0.4) is 0 Å². The first-order valence-corrected chi connectivity index (χ1v) is 0. The predicted molar refractivity (Wildman–Crippen MR) is 15.8 cm³/mol. The van der Waals surface area contributed by atoms with Crippen molar-refractivity contribution in [3.8, 4) is 0 Å². The van der Waals surface area contributed by atoms with Crippen molar-refractivity contribution in [1.29, 1.82) is 0 Å². The molecule has 0 aromatic carbocycles. The van der Waals surface area contributed by atoms with E-state index in [2.05, 4.69) is 0 Å². The minimum absolute atomic E-state index is 0. The van der Waals surface area contributed by atoms with Gasteiger partial charge in [0, 0.05) is 0 Å². The molecule has 0 bridgehead atoms. The van der Waals surface area contributed by atoms with Crippen LogP contribution in [0.1, 0.15) is 0 Å². The van der Waals surface area contributed by atoms with E-state index in [1.807, 2.05) is 0 Å². The molecule has 4 heavy (non-hydrogen) atoms. The Morgan fingerprint density at radius 2 is 1.00 bits per heavy atom. The summed E-state index contributed by atoms with van der Waals surface area (Å²) in [6, 6.07) is 0. The fourth-order valence-corrected chi connectivity index (χ4v) is 0. The number of hydrogen-bond donors (Lipinski definition) is 0. The van der Waals surface area contributed by atoms with E-state index in [0.29, 0.717) is 0 Å². The van der Waals surface area contributed by atoms with Crippen LogP contribution in [0.2, 0.25) is 0 Å². The van der Waals surface area contributed by atoms with Crippen molar-refractivity contribution in [3.63, 3.8) is 0 Å². The third kappa shape index (κ3) is 9.53. The molecule has 0 radical (unpaired) electrons. The Balaban J connectivity index is 0. The van der Waals surface area contributed by atoms with Crippen LogP contribution in [0.4, 0.5) is 0 Å². The fraction of sp³-hybridized carbons (Fsp3) is 0. The van der Waals surface area contributed by atoms with Gasteiger partial charge in [-0.15, -0.1) is 0 Å². The maximum absolute atomic E-state index is 0. The summed E-state index contributed by atoms with van der Waals surface area (Å²) in [7, 11) is 0. The second kappa shape index (κ2) is 23.4. The van der Waals surface area contributed by atoms with E-state index in [-0.39, 0.29) is 60.7 Å². The molecule has 0 aliphatic heterocycles. The second-order valence-corrected chi connectivity index (χ2v) is 0. The average Bonchev–Trinajstić information content (AvgIpc) is 0. The molecule has 4 heteroatoms. The van der Waals surface area contributed by atoms with Gasteiger partial charge in [-0.1, -0.05) is 0 Å². The van der Waals surface area contributed by atoms with Gasteiger partial charge in [-0.05, 0) is 0 Å². The topological polar surface area (TPSA) is 60.0 Å². The summed E-state index contributed by atoms with van der Waals surface area (Å²) in [4.78, 5) is 0. The quantitative estimate of drug-likeness (QED) is 0.470. The van der Waals surface area contributed by atoms with Crippen LogP contribution in [0.15, 0.2) is 0 Å². The van der Waals surface area contributed by atoms with Gasteiger partial charge in [0.15, 0.2) is 0 Å². The van der Waals surface area contributed by atoms with Crippen LogP contribution in [0.5, 0.6) is 0 Å². The van der Waals surface area contributed by atoms with Crippen LogP contribution in [0, 0.1) is 0 Å². The Bertz CT molecular complexity index is 6.00. The molecule has 16 valence electrons. The van der Waals surface area contributed by atoms with Gasteiger partial charge in [0.1, 0.15) is 0 Å². The summed E-state index contributed by atoms with van der Waals surface area (Å²) in [6.07, 6.45) is 0. The molecular formula is H2InO2Sn+5. The van der Waals surface area contributed by atoms with Gasteiger partial charge in [0.2, 0.25) is 0 Å². The summed E-state index contributed by atoms with van der Waals surface area (Å²) in [5.74, 6) is 0. The Hall–Kier alpha value is 1.59. The van der Waals surface area contributed by atoms with E-state index in [1.165, 1.54) is 0 Å². The third-order valence-electron chi connectivity index (χ3n) is 0. The molecule has 0 fully saturated rings. The summed E-state index contributed by atoms with van der Waals surface area (Å²) in [5, 5.41) is 0. The molecule has 0 saturated heterocycles. The first-order valence-electron chi connectivity index (χ1n) is 0. The van der Waals surface area contributed by atoms with Gasteiger partial charge in [-0.3, -0.25) is 0 Å². The normalized spacial score (nSPS) is 0. The van der Waals surface area contributed by atoms with Gasteiger partial charge >= 0.3 is 49.8 Å². The molecule has 0 amide bonds. The van der Waals surface area contributed by atoms with Crippen molar-refractivity contribution in [2.45, 2.75) is 0 Å². The number of hydrogen-bond acceptors (Lipinski definition) is 0. The van der Waals surface area contributed by atoms with Crippen LogP contribution in [0.25, 0.3) is 0 Å². The molecule has 0 rings (SSSR count). The van der Waals surface area contributed by atoms with E-state index in [1.54, 1.807) is 0 Å². The Morgan fingerprint density at radius 3 is 1.00 bits per heavy atom. The van der Waals surface area contributed by atoms with Gasteiger partial charge in [0.05, 0.1) is 0 Å². The predicted octanol–water partition coefficient (Wildman–Crippen LogP) is -1.71. The molecule has 0 saturated carbocycles. The molecule has 0 atom stereocenters. The van der Waals surface area contributed by atoms with Crippen molar-refractivity contribution >= 4 is 49.8 Å². The van der Waals surface area contributed by atoms with Gasteiger partial charge in [-0.25, -0.2) is 0 Å². The molecule has 0 aromatic heterocycles. The minimum atomic E-state index is 0. The van der Waals surface area contributed by atoms with E-state index >= 15 is 0 Å². The van der Waals surface area contributed by atoms with Crippen molar-refractivity contribution in [3.05, 3.63) is 0 Å². The smallest absolute Gasteiger partial charge is 2.00 e. The number of rotatable bonds is 0. The summed E-state index contributed by atoms with van der Waals surface area (Å²) < 4.78 is 0. The first kappa shape index (κ1) is 46.6. The molecule has 0 aromatic rings. The Morgan fingerprint density at radius 1 is 1.00 bits per heavy atom. The molecule has 0 unspecified atom stereocenters. The van der Waals surface area contributed by atoms with Crippen LogP contribution in [-0.4, -0.2) is 55.2 Å². The monoisotopic (exact) mass is 269 g/mol. The average molecular weight is 268 g/mol. The minimum Gasteiger partial charge on any atom is -2.00 e. The van der Waals surface area contributed by atoms with Crippen molar-refractivity contribution in [2.24, 2.45) is 0 Å². The van der Waals surface area contributed by atoms with Crippen LogP contribution in [-0.2, 0) is 5.48 Å². The molecule has 0 spiro atoms. The zero-order valence-corrected chi connectivity index (χ0v) is 8.14. The second-order valence-electron chi connectivity index (χ2n) is 0. The molecule has 2 N–H and O–H groups in total. The Kier molecular flexibility index (Phi) is 273. The standard InChI is InChI=1S/In.H2O.O.Sn/h;1H2;;/q+3;;-2;+4.